The molecular weight excluding hydrogens is 328 g/mol. The van der Waals surface area contributed by atoms with Crippen LogP contribution >= 0.6 is 27.3 Å². The number of rotatable bonds is 1. The van der Waals surface area contributed by atoms with Gasteiger partial charge in [0.15, 0.2) is 0 Å². The molecule has 1 aliphatic heterocycles. The molecule has 0 aliphatic carbocycles. The number of ether oxygens (including phenoxy) is 1. The number of hydrogen-bond donors (Lipinski definition) is 0. The fraction of sp³-hybridized carbons (Fsp3) is 0.231. The van der Waals surface area contributed by atoms with Gasteiger partial charge in [-0.2, -0.15) is 0 Å². The highest BCUT2D eigenvalue weighted by molar-refractivity contribution is 9.10. The van der Waals surface area contributed by atoms with Crippen molar-refractivity contribution in [2.24, 2.45) is 0 Å². The summed E-state index contributed by atoms with van der Waals surface area (Å²) in [7, 11) is 0. The van der Waals surface area contributed by atoms with Gasteiger partial charge in [0.2, 0.25) is 0 Å². The second kappa shape index (κ2) is 4.94. The Balaban J connectivity index is 2.03. The molecule has 0 spiro atoms. The first-order valence-corrected chi connectivity index (χ1v) is 7.55. The van der Waals surface area contributed by atoms with Gasteiger partial charge in [-0.15, -0.1) is 11.3 Å². The fourth-order valence-electron chi connectivity index (χ4n) is 2.06. The molecule has 2 aromatic rings. The highest BCUT2D eigenvalue weighted by atomic mass is 79.9. The quantitative estimate of drug-likeness (QED) is 0.800. The zero-order valence-electron chi connectivity index (χ0n) is 10.2. The molecular formula is C13H11BrN2O2S. The highest BCUT2D eigenvalue weighted by Crippen LogP contribution is 2.36. The monoisotopic (exact) mass is 338 g/mol. The van der Waals surface area contributed by atoms with Crippen LogP contribution in [0.1, 0.15) is 17.4 Å². The van der Waals surface area contributed by atoms with Crippen molar-refractivity contribution >= 4 is 38.9 Å². The zero-order chi connectivity index (χ0) is 13.4. The summed E-state index contributed by atoms with van der Waals surface area (Å²) in [5.74, 6) is 0.640. The summed E-state index contributed by atoms with van der Waals surface area (Å²) in [6, 6.07) is 5.67. The smallest absolute Gasteiger partial charge is 0.277 e. The molecule has 6 heteroatoms. The van der Waals surface area contributed by atoms with Gasteiger partial charge in [-0.25, -0.2) is 4.98 Å². The maximum Gasteiger partial charge on any atom is 0.277 e. The summed E-state index contributed by atoms with van der Waals surface area (Å²) in [6.07, 6.45) is -0.0312. The molecule has 0 N–H and O–H groups in total. The van der Waals surface area contributed by atoms with Crippen molar-refractivity contribution in [3.8, 4) is 5.75 Å². The molecule has 2 heterocycles. The number of nitrogens with zero attached hydrogens (tertiary/aromatic N) is 2. The van der Waals surface area contributed by atoms with E-state index in [4.69, 9.17) is 4.74 Å². The van der Waals surface area contributed by atoms with Gasteiger partial charge in [0.1, 0.15) is 17.5 Å². The summed E-state index contributed by atoms with van der Waals surface area (Å²) >= 11 is 4.84. The molecule has 0 fully saturated rings. The summed E-state index contributed by atoms with van der Waals surface area (Å²) in [6.45, 7) is 2.48. The largest absolute Gasteiger partial charge is 0.487 e. The lowest BCUT2D eigenvalue weighted by atomic mass is 10.2. The van der Waals surface area contributed by atoms with Gasteiger partial charge >= 0.3 is 0 Å². The standard InChI is InChI=1S/C13H11BrN2O2S/c1-8-5-16(13(17)10-6-19-7-15-10)11-4-9(14)2-3-12(11)18-8/h2-4,6-8H,5H2,1H3/t8-/m1/s1. The summed E-state index contributed by atoms with van der Waals surface area (Å²) < 4.78 is 6.67. The molecule has 0 bridgehead atoms. The van der Waals surface area contributed by atoms with E-state index in [1.165, 1.54) is 11.3 Å². The molecule has 1 aliphatic rings. The van der Waals surface area contributed by atoms with E-state index < -0.39 is 0 Å². The number of hydrogen-bond acceptors (Lipinski definition) is 4. The number of benzene rings is 1. The minimum Gasteiger partial charge on any atom is -0.487 e. The third-order valence-electron chi connectivity index (χ3n) is 2.88. The van der Waals surface area contributed by atoms with Gasteiger partial charge in [-0.3, -0.25) is 9.69 Å². The number of carbonyl (C=O) groups is 1. The normalized spacial score (nSPS) is 17.8. The number of fused-ring (bicyclic) bond motifs is 1. The van der Waals surface area contributed by atoms with E-state index in [2.05, 4.69) is 20.9 Å². The van der Waals surface area contributed by atoms with Crippen LogP contribution in [0.5, 0.6) is 5.75 Å². The highest BCUT2D eigenvalue weighted by Gasteiger charge is 2.29. The first-order chi connectivity index (χ1) is 9.15. The first kappa shape index (κ1) is 12.6. The minimum atomic E-state index is -0.0873. The van der Waals surface area contributed by atoms with E-state index in [0.29, 0.717) is 12.2 Å². The van der Waals surface area contributed by atoms with Gasteiger partial charge in [0.05, 0.1) is 17.7 Å². The Morgan fingerprint density at radius 1 is 1.58 bits per heavy atom. The maximum absolute atomic E-state index is 12.5. The molecule has 19 heavy (non-hydrogen) atoms. The minimum absolute atomic E-state index is 0.0312. The van der Waals surface area contributed by atoms with Crippen LogP contribution in [0.2, 0.25) is 0 Å². The third-order valence-corrected chi connectivity index (χ3v) is 3.96. The predicted molar refractivity (Wildman–Crippen MR) is 78.0 cm³/mol. The lowest BCUT2D eigenvalue weighted by Gasteiger charge is -2.33. The van der Waals surface area contributed by atoms with Gasteiger partial charge in [-0.1, -0.05) is 15.9 Å². The van der Waals surface area contributed by atoms with E-state index >= 15 is 0 Å². The van der Waals surface area contributed by atoms with Crippen LogP contribution in [0.15, 0.2) is 33.6 Å². The number of carbonyl (C=O) groups excluding carboxylic acids is 1. The van der Waals surface area contributed by atoms with Crippen molar-refractivity contribution in [3.05, 3.63) is 39.3 Å². The number of anilines is 1. The number of halogens is 1. The molecule has 1 aromatic carbocycles. The van der Waals surface area contributed by atoms with Crippen molar-refractivity contribution in [2.75, 3.05) is 11.4 Å². The van der Waals surface area contributed by atoms with Gasteiger partial charge < -0.3 is 4.74 Å². The Hall–Kier alpha value is -1.40. The van der Waals surface area contributed by atoms with Gasteiger partial charge in [-0.05, 0) is 25.1 Å². The lowest BCUT2D eigenvalue weighted by Crippen LogP contribution is -2.42. The summed E-state index contributed by atoms with van der Waals surface area (Å²) in [4.78, 5) is 18.3. The first-order valence-electron chi connectivity index (χ1n) is 5.81. The van der Waals surface area contributed by atoms with Crippen molar-refractivity contribution in [3.63, 3.8) is 0 Å². The number of amides is 1. The average Bonchev–Trinajstić information content (AvgIpc) is 2.91. The van der Waals surface area contributed by atoms with Crippen LogP contribution in [0.3, 0.4) is 0 Å². The number of thiazole rings is 1. The third kappa shape index (κ3) is 2.37. The maximum atomic E-state index is 12.5. The molecule has 0 saturated heterocycles. The van der Waals surface area contributed by atoms with Crippen LogP contribution in [0.4, 0.5) is 5.69 Å². The molecule has 0 saturated carbocycles. The lowest BCUT2D eigenvalue weighted by molar-refractivity contribution is 0.0957. The van der Waals surface area contributed by atoms with Crippen molar-refractivity contribution in [1.29, 1.82) is 0 Å². The summed E-state index contributed by atoms with van der Waals surface area (Å²) in [5.41, 5.74) is 2.93. The Morgan fingerprint density at radius 3 is 3.16 bits per heavy atom. The van der Waals surface area contributed by atoms with Crippen molar-refractivity contribution in [2.45, 2.75) is 13.0 Å². The van der Waals surface area contributed by atoms with Crippen LogP contribution in [0, 0.1) is 0 Å². The van der Waals surface area contributed by atoms with Crippen LogP contribution in [0.25, 0.3) is 0 Å². The Kier molecular flexibility index (Phi) is 3.28. The summed E-state index contributed by atoms with van der Waals surface area (Å²) in [5, 5.41) is 1.76. The van der Waals surface area contributed by atoms with E-state index in [0.717, 1.165) is 15.9 Å². The van der Waals surface area contributed by atoms with Crippen molar-refractivity contribution in [1.82, 2.24) is 4.98 Å². The predicted octanol–water partition coefficient (Wildman–Crippen LogP) is 3.33. The van der Waals surface area contributed by atoms with Crippen LogP contribution in [-0.4, -0.2) is 23.5 Å². The molecule has 0 radical (unpaired) electrons. The van der Waals surface area contributed by atoms with Crippen molar-refractivity contribution < 1.29 is 9.53 Å². The van der Waals surface area contributed by atoms with E-state index in [9.17, 15) is 4.79 Å². The molecule has 4 nitrogen and oxygen atoms in total. The topological polar surface area (TPSA) is 42.4 Å². The van der Waals surface area contributed by atoms with E-state index in [1.807, 2.05) is 25.1 Å². The molecule has 1 atom stereocenters. The van der Waals surface area contributed by atoms with Crippen LogP contribution in [-0.2, 0) is 0 Å². The van der Waals surface area contributed by atoms with Gasteiger partial charge in [0.25, 0.3) is 5.91 Å². The zero-order valence-corrected chi connectivity index (χ0v) is 12.6. The average molecular weight is 339 g/mol. The fourth-order valence-corrected chi connectivity index (χ4v) is 2.93. The molecule has 1 aromatic heterocycles. The molecule has 1 amide bonds. The Morgan fingerprint density at radius 2 is 2.42 bits per heavy atom. The van der Waals surface area contributed by atoms with E-state index in [1.54, 1.807) is 15.8 Å². The van der Waals surface area contributed by atoms with E-state index in [-0.39, 0.29) is 12.0 Å². The molecule has 98 valence electrons. The Bertz CT molecular complexity index is 615. The second-order valence-electron chi connectivity index (χ2n) is 4.33. The Labute approximate surface area is 123 Å². The SMILES string of the molecule is C[C@@H]1CN(C(=O)c2cscn2)c2cc(Br)ccc2O1. The van der Waals surface area contributed by atoms with Crippen LogP contribution < -0.4 is 9.64 Å². The number of aromatic nitrogens is 1. The molecule has 3 rings (SSSR count). The van der Waals surface area contributed by atoms with Gasteiger partial charge in [0, 0.05) is 9.85 Å². The molecule has 0 unspecified atom stereocenters. The second-order valence-corrected chi connectivity index (χ2v) is 5.96.